The molecule has 0 unspecified atom stereocenters. The van der Waals surface area contributed by atoms with Gasteiger partial charge in [0.05, 0.1) is 0 Å². The molecule has 9 nitrogen and oxygen atoms in total. The Hall–Kier alpha value is -3.23. The molecule has 0 bridgehead atoms. The fourth-order valence-corrected chi connectivity index (χ4v) is 3.11. The molecule has 27 heavy (non-hydrogen) atoms. The fourth-order valence-electron chi connectivity index (χ4n) is 3.11. The number of nitrogens with one attached hydrogen (secondary N) is 2. The van der Waals surface area contributed by atoms with Gasteiger partial charge in [-0.1, -0.05) is 19.9 Å². The van der Waals surface area contributed by atoms with E-state index in [9.17, 15) is 14.4 Å². The van der Waals surface area contributed by atoms with Crippen molar-refractivity contribution in [2.24, 2.45) is 0 Å². The molecule has 0 aliphatic carbocycles. The second-order valence-corrected chi connectivity index (χ2v) is 6.32. The van der Waals surface area contributed by atoms with Crippen LogP contribution in [0, 0.1) is 0 Å². The Morgan fingerprint density at radius 1 is 1.22 bits per heavy atom. The van der Waals surface area contributed by atoms with Gasteiger partial charge in [0.15, 0.2) is 5.82 Å². The molecule has 0 radical (unpaired) electrons. The van der Waals surface area contributed by atoms with Crippen LogP contribution in [0.25, 0.3) is 5.82 Å². The van der Waals surface area contributed by atoms with Gasteiger partial charge >= 0.3 is 6.03 Å². The molecule has 1 aliphatic rings. The molecule has 0 saturated carbocycles. The average molecular weight is 370 g/mol. The molecule has 1 fully saturated rings. The van der Waals surface area contributed by atoms with E-state index in [-0.39, 0.29) is 19.0 Å². The van der Waals surface area contributed by atoms with Crippen molar-refractivity contribution in [3.63, 3.8) is 0 Å². The van der Waals surface area contributed by atoms with E-state index in [1.54, 1.807) is 35.4 Å². The lowest BCUT2D eigenvalue weighted by Gasteiger charge is -2.23. The topological polar surface area (TPSA) is 109 Å². The van der Waals surface area contributed by atoms with Crippen molar-refractivity contribution < 1.29 is 14.4 Å². The summed E-state index contributed by atoms with van der Waals surface area (Å²) in [7, 11) is 0. The summed E-state index contributed by atoms with van der Waals surface area (Å²) < 4.78 is 1.61. The number of rotatable bonds is 7. The van der Waals surface area contributed by atoms with E-state index in [0.29, 0.717) is 18.7 Å². The van der Waals surface area contributed by atoms with Gasteiger partial charge in [-0.15, -0.1) is 0 Å². The van der Waals surface area contributed by atoms with Crippen LogP contribution in [0.1, 0.15) is 32.3 Å². The monoisotopic (exact) mass is 370 g/mol. The van der Waals surface area contributed by atoms with Gasteiger partial charge in [0.25, 0.3) is 5.91 Å². The van der Waals surface area contributed by atoms with Gasteiger partial charge in [-0.2, -0.15) is 5.10 Å². The van der Waals surface area contributed by atoms with E-state index in [1.165, 1.54) is 0 Å². The molecule has 0 atom stereocenters. The van der Waals surface area contributed by atoms with Crippen molar-refractivity contribution in [2.45, 2.75) is 38.8 Å². The second kappa shape index (κ2) is 7.56. The molecule has 9 heteroatoms. The zero-order chi connectivity index (χ0) is 19.4. The SMILES string of the molecule is CCC1(CC)NC(=O)N(CC(=O)NCc2cccnc2-n2cccn2)C1=O. The highest BCUT2D eigenvalue weighted by Crippen LogP contribution is 2.24. The second-order valence-electron chi connectivity index (χ2n) is 6.32. The van der Waals surface area contributed by atoms with E-state index in [4.69, 9.17) is 0 Å². The molecule has 4 amide bonds. The lowest BCUT2D eigenvalue weighted by atomic mass is 9.93. The molecule has 3 rings (SSSR count). The number of carbonyl (C=O) groups excluding carboxylic acids is 3. The number of hydrogen-bond acceptors (Lipinski definition) is 5. The van der Waals surface area contributed by atoms with Crippen LogP contribution in [0.5, 0.6) is 0 Å². The average Bonchev–Trinajstić information content (AvgIpc) is 3.29. The lowest BCUT2D eigenvalue weighted by molar-refractivity contribution is -0.135. The predicted molar refractivity (Wildman–Crippen MR) is 96.8 cm³/mol. The van der Waals surface area contributed by atoms with Crippen molar-refractivity contribution in [3.05, 3.63) is 42.4 Å². The van der Waals surface area contributed by atoms with Crippen LogP contribution in [-0.2, 0) is 16.1 Å². The predicted octanol–water partition coefficient (Wildman–Crippen LogP) is 0.994. The fraction of sp³-hybridized carbons (Fsp3) is 0.389. The maximum Gasteiger partial charge on any atom is 0.325 e. The standard InChI is InChI=1S/C18H22N6O3/c1-3-18(4-2)16(26)23(17(27)22-18)12-14(25)20-11-13-7-5-8-19-15(13)24-10-6-9-21-24/h5-10H,3-4,11-12H2,1-2H3,(H,20,25)(H,22,27). The van der Waals surface area contributed by atoms with Gasteiger partial charge in [0.1, 0.15) is 12.1 Å². The van der Waals surface area contributed by atoms with Crippen LogP contribution < -0.4 is 10.6 Å². The highest BCUT2D eigenvalue weighted by molar-refractivity contribution is 6.08. The van der Waals surface area contributed by atoms with E-state index >= 15 is 0 Å². The van der Waals surface area contributed by atoms with Crippen LogP contribution in [0.3, 0.4) is 0 Å². The van der Waals surface area contributed by atoms with Crippen LogP contribution in [0.15, 0.2) is 36.8 Å². The molecule has 1 aliphatic heterocycles. The van der Waals surface area contributed by atoms with Gasteiger partial charge in [-0.05, 0) is 25.0 Å². The summed E-state index contributed by atoms with van der Waals surface area (Å²) in [5.74, 6) is -0.170. The molecular weight excluding hydrogens is 348 g/mol. The Balaban J connectivity index is 1.65. The third-order valence-electron chi connectivity index (χ3n) is 4.82. The summed E-state index contributed by atoms with van der Waals surface area (Å²) in [5, 5.41) is 9.60. The number of amides is 4. The number of nitrogens with zero attached hydrogens (tertiary/aromatic N) is 4. The molecule has 2 N–H and O–H groups in total. The molecular formula is C18H22N6O3. The first-order valence-corrected chi connectivity index (χ1v) is 8.85. The van der Waals surface area contributed by atoms with Crippen molar-refractivity contribution in [3.8, 4) is 5.82 Å². The summed E-state index contributed by atoms with van der Waals surface area (Å²) in [6.45, 7) is 3.57. The van der Waals surface area contributed by atoms with Crippen molar-refractivity contribution in [1.29, 1.82) is 0 Å². The Morgan fingerprint density at radius 3 is 2.63 bits per heavy atom. The number of carbonyl (C=O) groups is 3. The number of aromatic nitrogens is 3. The quantitative estimate of drug-likeness (QED) is 0.707. The highest BCUT2D eigenvalue weighted by Gasteiger charge is 2.49. The van der Waals surface area contributed by atoms with Gasteiger partial charge in [-0.3, -0.25) is 14.5 Å². The molecule has 1 saturated heterocycles. The first-order valence-electron chi connectivity index (χ1n) is 8.85. The lowest BCUT2D eigenvalue weighted by Crippen LogP contribution is -2.46. The van der Waals surface area contributed by atoms with Crippen LogP contribution in [-0.4, -0.2) is 49.6 Å². The highest BCUT2D eigenvalue weighted by atomic mass is 16.2. The summed E-state index contributed by atoms with van der Waals surface area (Å²) in [6, 6.07) is 4.85. The summed E-state index contributed by atoms with van der Waals surface area (Å²) in [6.07, 6.45) is 6.01. The Bertz CT molecular complexity index is 845. The number of pyridine rings is 1. The zero-order valence-corrected chi connectivity index (χ0v) is 15.3. The van der Waals surface area contributed by atoms with E-state index < -0.39 is 17.5 Å². The Morgan fingerprint density at radius 2 is 2.00 bits per heavy atom. The Kier molecular flexibility index (Phi) is 5.20. The largest absolute Gasteiger partial charge is 0.350 e. The maximum atomic E-state index is 12.6. The smallest absolute Gasteiger partial charge is 0.325 e. The number of imide groups is 1. The summed E-state index contributed by atoms with van der Waals surface area (Å²) in [5.41, 5.74) is -0.142. The van der Waals surface area contributed by atoms with Crippen LogP contribution >= 0.6 is 0 Å². The third kappa shape index (κ3) is 3.53. The van der Waals surface area contributed by atoms with E-state index in [1.807, 2.05) is 19.9 Å². The van der Waals surface area contributed by atoms with Crippen molar-refractivity contribution in [1.82, 2.24) is 30.3 Å². The van der Waals surface area contributed by atoms with Crippen molar-refractivity contribution in [2.75, 3.05) is 6.54 Å². The molecule has 142 valence electrons. The first kappa shape index (κ1) is 18.6. The molecule has 2 aromatic rings. The minimum absolute atomic E-state index is 0.207. The van der Waals surface area contributed by atoms with Crippen LogP contribution in [0.4, 0.5) is 4.79 Å². The Labute approximate surface area is 156 Å². The molecule has 3 heterocycles. The van der Waals surface area contributed by atoms with Gasteiger partial charge in [-0.25, -0.2) is 14.5 Å². The first-order chi connectivity index (χ1) is 13.0. The molecule has 2 aromatic heterocycles. The maximum absolute atomic E-state index is 12.6. The van der Waals surface area contributed by atoms with Gasteiger partial charge in [0, 0.05) is 30.7 Å². The normalized spacial score (nSPS) is 15.7. The van der Waals surface area contributed by atoms with Gasteiger partial charge < -0.3 is 10.6 Å². The number of urea groups is 1. The third-order valence-corrected chi connectivity index (χ3v) is 4.82. The minimum atomic E-state index is -0.909. The van der Waals surface area contributed by atoms with Crippen molar-refractivity contribution >= 4 is 17.8 Å². The van der Waals surface area contributed by atoms with E-state index in [0.717, 1.165) is 10.5 Å². The van der Waals surface area contributed by atoms with Crippen LogP contribution in [0.2, 0.25) is 0 Å². The van der Waals surface area contributed by atoms with E-state index in [2.05, 4.69) is 20.7 Å². The minimum Gasteiger partial charge on any atom is -0.350 e. The van der Waals surface area contributed by atoms with Gasteiger partial charge in [0.2, 0.25) is 5.91 Å². The molecule has 0 spiro atoms. The summed E-state index contributed by atoms with van der Waals surface area (Å²) in [4.78, 5) is 42.3. The summed E-state index contributed by atoms with van der Waals surface area (Å²) >= 11 is 0. The zero-order valence-electron chi connectivity index (χ0n) is 15.3. The number of hydrogen-bond donors (Lipinski definition) is 2. The molecule has 0 aromatic carbocycles.